The number of rotatable bonds is 4. The van der Waals surface area contributed by atoms with Crippen LogP contribution in [0.15, 0.2) is 0 Å². The third-order valence-electron chi connectivity index (χ3n) is 4.70. The van der Waals surface area contributed by atoms with E-state index in [1.54, 1.807) is 0 Å². The molecule has 2 saturated carbocycles. The van der Waals surface area contributed by atoms with Crippen molar-refractivity contribution in [2.24, 2.45) is 11.3 Å². The highest BCUT2D eigenvalue weighted by Gasteiger charge is 2.52. The Morgan fingerprint density at radius 3 is 2.25 bits per heavy atom. The van der Waals surface area contributed by atoms with Crippen LogP contribution in [0, 0.1) is 11.3 Å². The molecule has 2 aliphatic rings. The largest absolute Gasteiger partial charge is 0.481 e. The number of hydrogen-bond donors (Lipinski definition) is 2. The molecule has 0 amide bonds. The van der Waals surface area contributed by atoms with Crippen molar-refractivity contribution in [1.82, 2.24) is 5.32 Å². The van der Waals surface area contributed by atoms with Gasteiger partial charge >= 0.3 is 5.97 Å². The van der Waals surface area contributed by atoms with Crippen LogP contribution in [0.1, 0.15) is 51.4 Å². The van der Waals surface area contributed by atoms with Crippen molar-refractivity contribution in [1.29, 1.82) is 0 Å². The van der Waals surface area contributed by atoms with E-state index in [9.17, 15) is 9.90 Å². The number of carbonyl (C=O) groups is 1. The first-order valence-corrected chi connectivity index (χ1v) is 6.61. The molecule has 3 nitrogen and oxygen atoms in total. The molecule has 1 unspecified atom stereocenters. The van der Waals surface area contributed by atoms with E-state index in [4.69, 9.17) is 0 Å². The highest BCUT2D eigenvalue weighted by Crippen LogP contribution is 2.48. The summed E-state index contributed by atoms with van der Waals surface area (Å²) in [6.07, 6.45) is 9.11. The minimum Gasteiger partial charge on any atom is -0.481 e. The lowest BCUT2D eigenvalue weighted by molar-refractivity contribution is -0.159. The van der Waals surface area contributed by atoms with Crippen LogP contribution in [0.25, 0.3) is 0 Å². The van der Waals surface area contributed by atoms with Gasteiger partial charge in [0.25, 0.3) is 0 Å². The van der Waals surface area contributed by atoms with Gasteiger partial charge in [0.1, 0.15) is 0 Å². The van der Waals surface area contributed by atoms with Gasteiger partial charge in [-0.25, -0.2) is 0 Å². The zero-order valence-electron chi connectivity index (χ0n) is 10.2. The third kappa shape index (κ3) is 1.86. The first-order chi connectivity index (χ1) is 7.70. The van der Waals surface area contributed by atoms with Crippen molar-refractivity contribution >= 4 is 5.97 Å². The highest BCUT2D eigenvalue weighted by molar-refractivity contribution is 5.76. The Bertz CT molecular complexity index is 255. The van der Waals surface area contributed by atoms with E-state index in [-0.39, 0.29) is 6.04 Å². The molecule has 16 heavy (non-hydrogen) atoms. The van der Waals surface area contributed by atoms with Crippen LogP contribution in [0.5, 0.6) is 0 Å². The lowest BCUT2D eigenvalue weighted by Crippen LogP contribution is -2.56. The maximum absolute atomic E-state index is 11.5. The second-order valence-corrected chi connectivity index (χ2v) is 5.48. The quantitative estimate of drug-likeness (QED) is 0.772. The minimum absolute atomic E-state index is 0.194. The molecule has 2 fully saturated rings. The maximum atomic E-state index is 11.5. The zero-order chi connectivity index (χ0) is 11.6. The molecule has 3 heteroatoms. The molecular weight excluding hydrogens is 202 g/mol. The average molecular weight is 225 g/mol. The number of hydrogen-bond acceptors (Lipinski definition) is 2. The van der Waals surface area contributed by atoms with Gasteiger partial charge in [0.15, 0.2) is 0 Å². The molecular formula is C13H23NO2. The summed E-state index contributed by atoms with van der Waals surface area (Å²) >= 11 is 0. The molecule has 0 radical (unpaired) electrons. The van der Waals surface area contributed by atoms with E-state index < -0.39 is 11.4 Å². The smallest absolute Gasteiger partial charge is 0.311 e. The third-order valence-corrected chi connectivity index (χ3v) is 4.70. The number of aliphatic carboxylic acids is 1. The lowest BCUT2D eigenvalue weighted by Gasteiger charge is -2.48. The fourth-order valence-electron chi connectivity index (χ4n) is 3.65. The van der Waals surface area contributed by atoms with Gasteiger partial charge in [-0.15, -0.1) is 0 Å². The van der Waals surface area contributed by atoms with Gasteiger partial charge in [-0.3, -0.25) is 4.79 Å². The van der Waals surface area contributed by atoms with E-state index in [0.29, 0.717) is 5.92 Å². The fourth-order valence-corrected chi connectivity index (χ4v) is 3.65. The Morgan fingerprint density at radius 1 is 1.25 bits per heavy atom. The summed E-state index contributed by atoms with van der Waals surface area (Å²) in [6.45, 7) is 0. The molecule has 0 saturated heterocycles. The van der Waals surface area contributed by atoms with Gasteiger partial charge in [0.05, 0.1) is 5.41 Å². The highest BCUT2D eigenvalue weighted by atomic mass is 16.4. The molecule has 0 aromatic heterocycles. The van der Waals surface area contributed by atoms with Gasteiger partial charge < -0.3 is 10.4 Å². The Morgan fingerprint density at radius 2 is 1.88 bits per heavy atom. The van der Waals surface area contributed by atoms with E-state index in [2.05, 4.69) is 5.32 Å². The lowest BCUT2D eigenvalue weighted by atomic mass is 9.59. The Labute approximate surface area is 97.6 Å². The number of nitrogens with one attached hydrogen (secondary N) is 1. The molecule has 2 aliphatic carbocycles. The van der Waals surface area contributed by atoms with E-state index >= 15 is 0 Å². The van der Waals surface area contributed by atoms with E-state index in [1.807, 2.05) is 7.05 Å². The molecule has 0 heterocycles. The van der Waals surface area contributed by atoms with Crippen LogP contribution in [0.3, 0.4) is 0 Å². The summed E-state index contributed by atoms with van der Waals surface area (Å²) in [5, 5.41) is 12.8. The summed E-state index contributed by atoms with van der Waals surface area (Å²) in [4.78, 5) is 11.5. The van der Waals surface area contributed by atoms with Gasteiger partial charge in [-0.2, -0.15) is 0 Å². The van der Waals surface area contributed by atoms with Crippen LogP contribution >= 0.6 is 0 Å². The Kier molecular flexibility index (Phi) is 3.53. The molecule has 2 rings (SSSR count). The second kappa shape index (κ2) is 4.74. The Hall–Kier alpha value is -0.570. The van der Waals surface area contributed by atoms with Crippen molar-refractivity contribution in [3.63, 3.8) is 0 Å². The van der Waals surface area contributed by atoms with Crippen molar-refractivity contribution in [3.05, 3.63) is 0 Å². The van der Waals surface area contributed by atoms with E-state index in [1.165, 1.54) is 32.1 Å². The van der Waals surface area contributed by atoms with Crippen LogP contribution in [-0.2, 0) is 4.79 Å². The molecule has 0 spiro atoms. The first kappa shape index (κ1) is 11.9. The van der Waals surface area contributed by atoms with Crippen molar-refractivity contribution in [2.45, 2.75) is 57.4 Å². The van der Waals surface area contributed by atoms with Crippen molar-refractivity contribution in [2.75, 3.05) is 7.05 Å². The molecule has 1 atom stereocenters. The monoisotopic (exact) mass is 225 g/mol. The SMILES string of the molecule is CNC(C1CCCCC1)C1(C(=O)O)CCC1. The van der Waals surface area contributed by atoms with Gasteiger partial charge in [-0.05, 0) is 38.6 Å². The van der Waals surface area contributed by atoms with Gasteiger partial charge in [0.2, 0.25) is 0 Å². The fraction of sp³-hybridized carbons (Fsp3) is 0.923. The standard InChI is InChI=1S/C13H23NO2/c1-14-11(10-6-3-2-4-7-10)13(12(15)16)8-5-9-13/h10-11,14H,2-9H2,1H3,(H,15,16). The molecule has 2 N–H and O–H groups in total. The number of carboxylic acid groups (broad SMARTS) is 1. The predicted octanol–water partition coefficient (Wildman–Crippen LogP) is 2.41. The zero-order valence-corrected chi connectivity index (χ0v) is 10.2. The van der Waals surface area contributed by atoms with Crippen LogP contribution in [0.2, 0.25) is 0 Å². The van der Waals surface area contributed by atoms with Gasteiger partial charge in [0, 0.05) is 6.04 Å². The average Bonchev–Trinajstić information content (AvgIpc) is 2.23. The van der Waals surface area contributed by atoms with Crippen LogP contribution in [0.4, 0.5) is 0 Å². The predicted molar refractivity (Wildman–Crippen MR) is 63.3 cm³/mol. The molecule has 0 bridgehead atoms. The first-order valence-electron chi connectivity index (χ1n) is 6.61. The second-order valence-electron chi connectivity index (χ2n) is 5.48. The molecule has 0 aromatic carbocycles. The minimum atomic E-state index is -0.580. The number of carboxylic acids is 1. The summed E-state index contributed by atoms with van der Waals surface area (Å²) in [5.74, 6) is -0.00109. The van der Waals surface area contributed by atoms with E-state index in [0.717, 1.165) is 19.3 Å². The van der Waals surface area contributed by atoms with Crippen molar-refractivity contribution in [3.8, 4) is 0 Å². The van der Waals surface area contributed by atoms with Crippen LogP contribution in [-0.4, -0.2) is 24.2 Å². The summed E-state index contributed by atoms with van der Waals surface area (Å²) in [6, 6.07) is 0.194. The summed E-state index contributed by atoms with van der Waals surface area (Å²) < 4.78 is 0. The van der Waals surface area contributed by atoms with Crippen LogP contribution < -0.4 is 5.32 Å². The molecule has 0 aliphatic heterocycles. The topological polar surface area (TPSA) is 49.3 Å². The van der Waals surface area contributed by atoms with Crippen molar-refractivity contribution < 1.29 is 9.90 Å². The summed E-state index contributed by atoms with van der Waals surface area (Å²) in [7, 11) is 1.93. The van der Waals surface area contributed by atoms with Gasteiger partial charge in [-0.1, -0.05) is 25.7 Å². The molecule has 0 aromatic rings. The molecule has 92 valence electrons. The normalized spacial score (nSPS) is 27.1. The maximum Gasteiger partial charge on any atom is 0.311 e. The summed E-state index contributed by atoms with van der Waals surface area (Å²) in [5.41, 5.74) is -0.448. The Balaban J connectivity index is 2.10.